The van der Waals surface area contributed by atoms with E-state index in [9.17, 15) is 9.59 Å². The van der Waals surface area contributed by atoms with Gasteiger partial charge >= 0.3 is 0 Å². The van der Waals surface area contributed by atoms with Crippen molar-refractivity contribution in [3.8, 4) is 0 Å². The second-order valence-electron chi connectivity index (χ2n) is 7.27. The van der Waals surface area contributed by atoms with Gasteiger partial charge in [-0.3, -0.25) is 9.59 Å². The van der Waals surface area contributed by atoms with Crippen LogP contribution in [0.2, 0.25) is 10.0 Å². The molecule has 158 valence electrons. The van der Waals surface area contributed by atoms with Crippen molar-refractivity contribution < 1.29 is 14.3 Å². The largest absolute Gasteiger partial charge is 0.378 e. The van der Waals surface area contributed by atoms with Gasteiger partial charge in [-0.1, -0.05) is 23.2 Å². The van der Waals surface area contributed by atoms with Gasteiger partial charge in [-0.25, -0.2) is 4.98 Å². The lowest BCUT2D eigenvalue weighted by molar-refractivity contribution is -0.119. The molecule has 4 rings (SSSR count). The van der Waals surface area contributed by atoms with E-state index in [1.807, 2.05) is 6.07 Å². The fourth-order valence-electron chi connectivity index (χ4n) is 3.78. The minimum absolute atomic E-state index is 0.259. The van der Waals surface area contributed by atoms with E-state index in [2.05, 4.69) is 15.2 Å². The molecule has 2 fully saturated rings. The fraction of sp³-hybridized carbons (Fsp3) is 0.381. The number of hydrogen-bond donors (Lipinski definition) is 1. The Balaban J connectivity index is 1.43. The molecule has 3 heterocycles. The summed E-state index contributed by atoms with van der Waals surface area (Å²) in [5, 5.41) is 3.57. The Hall–Kier alpha value is -2.35. The maximum Gasteiger partial charge on any atom is 0.256 e. The molecule has 7 nitrogen and oxygen atoms in total. The number of morpholine rings is 1. The van der Waals surface area contributed by atoms with E-state index in [0.29, 0.717) is 47.6 Å². The summed E-state index contributed by atoms with van der Waals surface area (Å²) >= 11 is 12.2. The maximum absolute atomic E-state index is 13.0. The van der Waals surface area contributed by atoms with Crippen molar-refractivity contribution in [3.63, 3.8) is 0 Å². The Labute approximate surface area is 184 Å². The average Bonchev–Trinajstić information content (AvgIpc) is 3.26. The third kappa shape index (κ3) is 4.53. The first-order valence-corrected chi connectivity index (χ1v) is 10.6. The molecule has 2 aliphatic heterocycles. The van der Waals surface area contributed by atoms with E-state index in [1.54, 1.807) is 29.3 Å². The normalized spacial score (nSPS) is 19.1. The summed E-state index contributed by atoms with van der Waals surface area (Å²) in [6, 6.07) is 7.87. The van der Waals surface area contributed by atoms with Gasteiger partial charge in [0.2, 0.25) is 5.91 Å². The van der Waals surface area contributed by atoms with Gasteiger partial charge in [0.25, 0.3) is 5.91 Å². The Bertz CT molecular complexity index is 932. The van der Waals surface area contributed by atoms with Crippen molar-refractivity contribution in [1.82, 2.24) is 9.88 Å². The highest BCUT2D eigenvalue weighted by Gasteiger charge is 2.35. The Morgan fingerprint density at radius 2 is 1.90 bits per heavy atom. The quantitative estimate of drug-likeness (QED) is 0.774. The van der Waals surface area contributed by atoms with Gasteiger partial charge in [-0.2, -0.15) is 0 Å². The third-order valence-corrected chi connectivity index (χ3v) is 5.92. The smallest absolute Gasteiger partial charge is 0.256 e. The summed E-state index contributed by atoms with van der Waals surface area (Å²) in [5.74, 6) is -0.0986. The van der Waals surface area contributed by atoms with Gasteiger partial charge in [0.1, 0.15) is 11.9 Å². The van der Waals surface area contributed by atoms with Crippen LogP contribution in [-0.4, -0.2) is 60.6 Å². The van der Waals surface area contributed by atoms with E-state index >= 15 is 0 Å². The van der Waals surface area contributed by atoms with Crippen molar-refractivity contribution in [3.05, 3.63) is 52.1 Å². The highest BCUT2D eigenvalue weighted by Crippen LogP contribution is 2.27. The molecule has 0 radical (unpaired) electrons. The molecule has 0 saturated carbocycles. The summed E-state index contributed by atoms with van der Waals surface area (Å²) in [7, 11) is 0. The molecule has 2 saturated heterocycles. The number of ether oxygens (including phenoxy) is 1. The van der Waals surface area contributed by atoms with Crippen molar-refractivity contribution in [2.24, 2.45) is 0 Å². The minimum Gasteiger partial charge on any atom is -0.378 e. The number of hydrogen-bond acceptors (Lipinski definition) is 5. The van der Waals surface area contributed by atoms with Crippen LogP contribution < -0.4 is 10.2 Å². The van der Waals surface area contributed by atoms with Gasteiger partial charge in [-0.05, 0) is 43.2 Å². The monoisotopic (exact) mass is 448 g/mol. The second-order valence-corrected chi connectivity index (χ2v) is 8.11. The first-order valence-electron chi connectivity index (χ1n) is 9.88. The first kappa shape index (κ1) is 20.9. The van der Waals surface area contributed by atoms with Crippen LogP contribution in [0.5, 0.6) is 0 Å². The number of carbonyl (C=O) groups excluding carboxylic acids is 2. The molecule has 1 atom stereocenters. The summed E-state index contributed by atoms with van der Waals surface area (Å²) in [6.07, 6.45) is 3.07. The molecule has 1 aromatic heterocycles. The zero-order valence-electron chi connectivity index (χ0n) is 16.3. The van der Waals surface area contributed by atoms with Crippen molar-refractivity contribution in [1.29, 1.82) is 0 Å². The number of rotatable bonds is 4. The molecule has 9 heteroatoms. The van der Waals surface area contributed by atoms with E-state index < -0.39 is 6.04 Å². The van der Waals surface area contributed by atoms with Crippen LogP contribution in [0.1, 0.15) is 23.2 Å². The average molecular weight is 449 g/mol. The summed E-state index contributed by atoms with van der Waals surface area (Å²) < 4.78 is 5.36. The van der Waals surface area contributed by atoms with Crippen molar-refractivity contribution in [2.75, 3.05) is 43.1 Å². The molecule has 2 amide bonds. The van der Waals surface area contributed by atoms with Gasteiger partial charge in [0, 0.05) is 24.7 Å². The lowest BCUT2D eigenvalue weighted by atomic mass is 10.1. The second kappa shape index (κ2) is 9.20. The summed E-state index contributed by atoms with van der Waals surface area (Å²) in [4.78, 5) is 33.9. The Kier molecular flexibility index (Phi) is 6.41. The first-order chi connectivity index (χ1) is 14.5. The van der Waals surface area contributed by atoms with Gasteiger partial charge in [0.05, 0.1) is 35.7 Å². The van der Waals surface area contributed by atoms with Gasteiger partial charge in [-0.15, -0.1) is 0 Å². The zero-order valence-corrected chi connectivity index (χ0v) is 17.8. The van der Waals surface area contributed by atoms with E-state index in [-0.39, 0.29) is 11.8 Å². The van der Waals surface area contributed by atoms with E-state index in [0.717, 1.165) is 25.2 Å². The van der Waals surface area contributed by atoms with Crippen LogP contribution >= 0.6 is 23.2 Å². The number of aromatic nitrogens is 1. The Morgan fingerprint density at radius 1 is 1.10 bits per heavy atom. The number of likely N-dealkylation sites (tertiary alicyclic amines) is 1. The minimum atomic E-state index is -0.576. The lowest BCUT2D eigenvalue weighted by Gasteiger charge is -2.28. The predicted octanol–water partition coefficient (Wildman–Crippen LogP) is 3.47. The van der Waals surface area contributed by atoms with Gasteiger partial charge < -0.3 is 19.9 Å². The van der Waals surface area contributed by atoms with Crippen molar-refractivity contribution >= 4 is 46.5 Å². The van der Waals surface area contributed by atoms with E-state index in [1.165, 1.54) is 6.07 Å². The molecule has 1 aromatic carbocycles. The van der Waals surface area contributed by atoms with Crippen LogP contribution in [0.3, 0.4) is 0 Å². The SMILES string of the molecule is O=C(Nc1ccc(N2CCOCC2)cn1)C1CCCN1C(=O)c1cc(Cl)ccc1Cl. The molecule has 0 aliphatic carbocycles. The molecular weight excluding hydrogens is 427 g/mol. The number of nitrogens with zero attached hydrogens (tertiary/aromatic N) is 3. The zero-order chi connectivity index (χ0) is 21.1. The standard InChI is InChI=1S/C21H22Cl2N4O3/c22-14-3-5-17(23)16(12-14)21(29)27-7-1-2-18(27)20(28)25-19-6-4-15(13-24-19)26-8-10-30-11-9-26/h3-6,12-13,18H,1-2,7-11H2,(H,24,25,28). The number of halogens is 2. The Morgan fingerprint density at radius 3 is 2.63 bits per heavy atom. The number of benzene rings is 1. The summed E-state index contributed by atoms with van der Waals surface area (Å²) in [5.41, 5.74) is 1.29. The number of carbonyl (C=O) groups is 2. The van der Waals surface area contributed by atoms with Gasteiger partial charge in [0.15, 0.2) is 0 Å². The molecule has 1 unspecified atom stereocenters. The topological polar surface area (TPSA) is 74.8 Å². The van der Waals surface area contributed by atoms with Crippen LogP contribution in [0, 0.1) is 0 Å². The van der Waals surface area contributed by atoms with Crippen LogP contribution in [-0.2, 0) is 9.53 Å². The molecule has 2 aromatic rings. The number of anilines is 2. The number of amides is 2. The molecule has 0 spiro atoms. The maximum atomic E-state index is 13.0. The molecule has 30 heavy (non-hydrogen) atoms. The molecule has 1 N–H and O–H groups in total. The number of pyridine rings is 1. The van der Waals surface area contributed by atoms with Crippen molar-refractivity contribution in [2.45, 2.75) is 18.9 Å². The fourth-order valence-corrected chi connectivity index (χ4v) is 4.15. The van der Waals surface area contributed by atoms with Crippen LogP contribution in [0.4, 0.5) is 11.5 Å². The third-order valence-electron chi connectivity index (χ3n) is 5.35. The van der Waals surface area contributed by atoms with Crippen LogP contribution in [0.25, 0.3) is 0 Å². The molecular formula is C21H22Cl2N4O3. The highest BCUT2D eigenvalue weighted by molar-refractivity contribution is 6.35. The lowest BCUT2D eigenvalue weighted by Crippen LogP contribution is -2.43. The molecule has 0 bridgehead atoms. The highest BCUT2D eigenvalue weighted by atomic mass is 35.5. The number of nitrogens with one attached hydrogen (secondary N) is 1. The predicted molar refractivity (Wildman–Crippen MR) is 116 cm³/mol. The molecule has 2 aliphatic rings. The van der Waals surface area contributed by atoms with E-state index in [4.69, 9.17) is 27.9 Å². The van der Waals surface area contributed by atoms with Crippen LogP contribution in [0.15, 0.2) is 36.5 Å². The summed E-state index contributed by atoms with van der Waals surface area (Å²) in [6.45, 7) is 3.52.